The Labute approximate surface area is 209 Å². The van der Waals surface area contributed by atoms with Crippen LogP contribution in [-0.2, 0) is 14.3 Å². The van der Waals surface area contributed by atoms with Crippen LogP contribution in [0.3, 0.4) is 0 Å². The van der Waals surface area contributed by atoms with Gasteiger partial charge < -0.3 is 30.9 Å². The molecule has 0 fully saturated rings. The van der Waals surface area contributed by atoms with Crippen LogP contribution < -0.4 is 16.0 Å². The Kier molecular flexibility index (Phi) is 9.92. The number of aliphatic hydroxyl groups excluding tert-OH is 1. The normalized spacial score (nSPS) is 13.6. The fourth-order valence-electron chi connectivity index (χ4n) is 3.12. The molecule has 0 radical (unpaired) electrons. The average molecular weight is 501 g/mol. The molecule has 194 valence electrons. The molecule has 0 saturated carbocycles. The van der Waals surface area contributed by atoms with Gasteiger partial charge in [-0.05, 0) is 46.2 Å². The Morgan fingerprint density at radius 2 is 1.72 bits per heavy atom. The molecule has 1 heterocycles. The molecule has 0 spiro atoms. The molecule has 0 aliphatic rings. The van der Waals surface area contributed by atoms with Gasteiger partial charge in [0.05, 0.1) is 11.8 Å². The predicted molar refractivity (Wildman–Crippen MR) is 131 cm³/mol. The fourth-order valence-corrected chi connectivity index (χ4v) is 3.12. The van der Waals surface area contributed by atoms with Gasteiger partial charge in [0.25, 0.3) is 5.91 Å². The van der Waals surface area contributed by atoms with Crippen molar-refractivity contribution in [3.05, 3.63) is 54.2 Å². The molecule has 0 aliphatic heterocycles. The summed E-state index contributed by atoms with van der Waals surface area (Å²) in [5.74, 6) is -2.87. The molecule has 0 unspecified atom stereocenters. The molecule has 1 aromatic heterocycles. The van der Waals surface area contributed by atoms with E-state index in [2.05, 4.69) is 20.9 Å². The van der Waals surface area contributed by atoms with Gasteiger partial charge in [0.2, 0.25) is 5.91 Å². The van der Waals surface area contributed by atoms with Gasteiger partial charge in [0.15, 0.2) is 6.04 Å². The van der Waals surface area contributed by atoms with Crippen molar-refractivity contribution in [2.45, 2.75) is 57.9 Å². The number of nitrogens with one attached hydrogen (secondary N) is 3. The number of aliphatic hydroxyl groups is 1. The largest absolute Gasteiger partial charge is 0.480 e. The molecule has 3 atom stereocenters. The van der Waals surface area contributed by atoms with Crippen molar-refractivity contribution >= 4 is 23.9 Å². The maximum Gasteiger partial charge on any atom is 0.407 e. The van der Waals surface area contributed by atoms with Crippen LogP contribution in [0.15, 0.2) is 48.7 Å². The molecular weight excluding hydrogens is 468 g/mol. The van der Waals surface area contributed by atoms with E-state index in [9.17, 15) is 29.4 Å². The quantitative estimate of drug-likeness (QED) is 0.329. The van der Waals surface area contributed by atoms with Crippen LogP contribution in [0.1, 0.15) is 44.5 Å². The number of carboxylic acid groups (broad SMARTS) is 1. The van der Waals surface area contributed by atoms with Gasteiger partial charge >= 0.3 is 12.1 Å². The van der Waals surface area contributed by atoms with Crippen LogP contribution in [0.4, 0.5) is 4.79 Å². The van der Waals surface area contributed by atoms with Gasteiger partial charge in [0, 0.05) is 23.9 Å². The number of carboxylic acids is 1. The molecule has 2 aromatic rings. The first-order valence-corrected chi connectivity index (χ1v) is 11.4. The molecule has 1 aromatic carbocycles. The topological polar surface area (TPSA) is 167 Å². The molecule has 0 bridgehead atoms. The Bertz CT molecular complexity index is 1070. The number of aromatic nitrogens is 1. The van der Waals surface area contributed by atoms with E-state index in [4.69, 9.17) is 4.74 Å². The predicted octanol–water partition coefficient (Wildman–Crippen LogP) is 1.71. The molecule has 11 heteroatoms. The number of hydrogen-bond acceptors (Lipinski definition) is 7. The maximum atomic E-state index is 13.0. The summed E-state index contributed by atoms with van der Waals surface area (Å²) < 4.78 is 5.16. The van der Waals surface area contributed by atoms with Crippen molar-refractivity contribution in [2.24, 2.45) is 0 Å². The number of hydrogen-bond donors (Lipinski definition) is 5. The Morgan fingerprint density at radius 3 is 2.31 bits per heavy atom. The molecule has 0 aliphatic carbocycles. The smallest absolute Gasteiger partial charge is 0.407 e. The van der Waals surface area contributed by atoms with Crippen LogP contribution >= 0.6 is 0 Å². The van der Waals surface area contributed by atoms with Crippen LogP contribution in [0.25, 0.3) is 11.3 Å². The minimum atomic E-state index is -1.58. The first-order chi connectivity index (χ1) is 16.9. The number of carbonyl (C=O) groups excluding carboxylic acids is 3. The summed E-state index contributed by atoms with van der Waals surface area (Å²) in [5.41, 5.74) is 0.853. The lowest BCUT2D eigenvalue weighted by atomic mass is 10.1. The summed E-state index contributed by atoms with van der Waals surface area (Å²) in [4.78, 5) is 53.5. The van der Waals surface area contributed by atoms with E-state index in [-0.39, 0.29) is 18.5 Å². The van der Waals surface area contributed by atoms with Crippen molar-refractivity contribution in [2.75, 3.05) is 6.54 Å². The average Bonchev–Trinajstić information content (AvgIpc) is 2.80. The number of rotatable bonds is 10. The number of benzene rings is 1. The van der Waals surface area contributed by atoms with Crippen LogP contribution in [0.2, 0.25) is 0 Å². The number of aliphatic carboxylic acids is 1. The van der Waals surface area contributed by atoms with Crippen LogP contribution in [0, 0.1) is 0 Å². The van der Waals surface area contributed by atoms with Gasteiger partial charge in [-0.1, -0.05) is 30.3 Å². The third kappa shape index (κ3) is 8.99. The lowest BCUT2D eigenvalue weighted by molar-refractivity contribution is -0.145. The second kappa shape index (κ2) is 12.6. The minimum absolute atomic E-state index is 0.0503. The zero-order valence-corrected chi connectivity index (χ0v) is 20.6. The third-order valence-electron chi connectivity index (χ3n) is 4.86. The molecule has 11 nitrogen and oxygen atoms in total. The number of alkyl carbamates (subject to hydrolysis) is 1. The van der Waals surface area contributed by atoms with Crippen LogP contribution in [0.5, 0.6) is 0 Å². The highest BCUT2D eigenvalue weighted by atomic mass is 16.6. The molecule has 36 heavy (non-hydrogen) atoms. The van der Waals surface area contributed by atoms with E-state index in [0.29, 0.717) is 5.69 Å². The monoisotopic (exact) mass is 500 g/mol. The van der Waals surface area contributed by atoms with Crippen LogP contribution in [-0.4, -0.2) is 69.4 Å². The molecule has 2 rings (SSSR count). The maximum absolute atomic E-state index is 13.0. The lowest BCUT2D eigenvalue weighted by Crippen LogP contribution is -2.55. The number of carbonyl (C=O) groups is 4. The molecular formula is C25H32N4O7. The zero-order valence-electron chi connectivity index (χ0n) is 20.6. The van der Waals surface area contributed by atoms with Gasteiger partial charge in [-0.2, -0.15) is 0 Å². The van der Waals surface area contributed by atoms with Gasteiger partial charge in [-0.3, -0.25) is 14.6 Å². The van der Waals surface area contributed by atoms with E-state index in [0.717, 1.165) is 5.56 Å². The van der Waals surface area contributed by atoms with E-state index >= 15 is 0 Å². The highest BCUT2D eigenvalue weighted by Gasteiger charge is 2.30. The number of pyridine rings is 1. The first-order valence-electron chi connectivity index (χ1n) is 11.4. The van der Waals surface area contributed by atoms with Crippen molar-refractivity contribution in [1.29, 1.82) is 0 Å². The summed E-state index contributed by atoms with van der Waals surface area (Å²) in [6.07, 6.45) is -0.692. The van der Waals surface area contributed by atoms with E-state index in [1.54, 1.807) is 26.8 Å². The number of nitrogens with zero attached hydrogens (tertiary/aromatic N) is 1. The van der Waals surface area contributed by atoms with E-state index in [1.165, 1.54) is 19.2 Å². The van der Waals surface area contributed by atoms with Crippen molar-refractivity contribution in [1.82, 2.24) is 20.9 Å². The second-order valence-corrected chi connectivity index (χ2v) is 9.10. The summed E-state index contributed by atoms with van der Waals surface area (Å²) >= 11 is 0. The number of amides is 3. The van der Waals surface area contributed by atoms with Crippen molar-refractivity contribution in [3.63, 3.8) is 0 Å². The third-order valence-corrected chi connectivity index (χ3v) is 4.86. The van der Waals surface area contributed by atoms with Gasteiger partial charge in [0.1, 0.15) is 11.6 Å². The SMILES string of the molecule is C[C@@H](O)[C@H](NC(=O)[C@H](CCNC(=O)OC(C)(C)C)NC(=O)c1ccnc(-c2ccccc2)c1)C(=O)O. The van der Waals surface area contributed by atoms with Crippen molar-refractivity contribution < 1.29 is 34.1 Å². The summed E-state index contributed by atoms with van der Waals surface area (Å²) in [6, 6.07) is 9.44. The second-order valence-electron chi connectivity index (χ2n) is 9.10. The van der Waals surface area contributed by atoms with Crippen molar-refractivity contribution in [3.8, 4) is 11.3 Å². The highest BCUT2D eigenvalue weighted by Crippen LogP contribution is 2.17. The minimum Gasteiger partial charge on any atom is -0.480 e. The summed E-state index contributed by atoms with van der Waals surface area (Å²) in [5, 5.41) is 26.3. The summed E-state index contributed by atoms with van der Waals surface area (Å²) in [6.45, 7) is 6.26. The highest BCUT2D eigenvalue weighted by molar-refractivity contribution is 5.98. The molecule has 5 N–H and O–H groups in total. The Hall–Kier alpha value is -3.99. The first kappa shape index (κ1) is 28.2. The molecule has 3 amide bonds. The summed E-state index contributed by atoms with van der Waals surface area (Å²) in [7, 11) is 0. The number of ether oxygens (including phenoxy) is 1. The zero-order chi connectivity index (χ0) is 26.9. The standard InChI is InChI=1S/C25H32N4O7/c1-15(30)20(23(33)34)29-22(32)18(11-13-27-24(35)36-25(2,3)4)28-21(31)17-10-12-26-19(14-17)16-8-6-5-7-9-16/h5-10,12,14-15,18,20,30H,11,13H2,1-4H3,(H,27,35)(H,28,31)(H,29,32)(H,33,34)/t15-,18+,20+/m1/s1. The van der Waals surface area contributed by atoms with E-state index in [1.807, 2.05) is 30.3 Å². The molecule has 0 saturated heterocycles. The fraction of sp³-hybridized carbons (Fsp3) is 0.400. The van der Waals surface area contributed by atoms with Gasteiger partial charge in [-0.15, -0.1) is 0 Å². The van der Waals surface area contributed by atoms with E-state index < -0.39 is 47.7 Å². The van der Waals surface area contributed by atoms with Gasteiger partial charge in [-0.25, -0.2) is 9.59 Å². The lowest BCUT2D eigenvalue weighted by Gasteiger charge is -2.23. The Morgan fingerprint density at radius 1 is 1.06 bits per heavy atom. The Balaban J connectivity index is 2.17.